The van der Waals surface area contributed by atoms with E-state index in [1.54, 1.807) is 6.08 Å². The van der Waals surface area contributed by atoms with Crippen molar-refractivity contribution in [1.29, 1.82) is 0 Å². The zero-order valence-electron chi connectivity index (χ0n) is 6.64. The molecule has 0 bridgehead atoms. The Labute approximate surface area is 66.0 Å². The first-order valence-electron chi connectivity index (χ1n) is 3.44. The summed E-state index contributed by atoms with van der Waals surface area (Å²) >= 11 is 0. The van der Waals surface area contributed by atoms with Crippen LogP contribution < -0.4 is 0 Å². The van der Waals surface area contributed by atoms with Crippen molar-refractivity contribution in [2.24, 2.45) is 0 Å². The number of hydrogen-bond donors (Lipinski definition) is 0. The summed E-state index contributed by atoms with van der Waals surface area (Å²) in [5.74, 6) is -0.138. The second-order valence-electron chi connectivity index (χ2n) is 2.77. The molecule has 0 radical (unpaired) electrons. The maximum Gasteiger partial charge on any atom is 0.232 e. The minimum Gasteiger partial charge on any atom is -0.303 e. The Kier molecular flexibility index (Phi) is 1.91. The van der Waals surface area contributed by atoms with Gasteiger partial charge in [0.25, 0.3) is 0 Å². The lowest BCUT2D eigenvalue weighted by Crippen LogP contribution is -2.04. The Balaban J connectivity index is 3.06. The van der Waals surface area contributed by atoms with Gasteiger partial charge in [-0.1, -0.05) is 18.1 Å². The largest absolute Gasteiger partial charge is 0.303 e. The third-order valence-electron chi connectivity index (χ3n) is 1.67. The zero-order valence-corrected chi connectivity index (χ0v) is 6.64. The van der Waals surface area contributed by atoms with E-state index in [0.29, 0.717) is 5.70 Å². The Morgan fingerprint density at radius 3 is 2.64 bits per heavy atom. The zero-order chi connectivity index (χ0) is 8.43. The van der Waals surface area contributed by atoms with Crippen molar-refractivity contribution in [3.8, 4) is 0 Å². The SMILES string of the molecule is [C-]#[N+]C1=C(C)CC(C)=CC1=O. The first-order valence-corrected chi connectivity index (χ1v) is 3.44. The number of hydrogen-bond acceptors (Lipinski definition) is 1. The predicted molar refractivity (Wildman–Crippen MR) is 42.7 cm³/mol. The Bertz CT molecular complexity index is 302. The summed E-state index contributed by atoms with van der Waals surface area (Å²) < 4.78 is 0. The van der Waals surface area contributed by atoms with Crippen LogP contribution in [0.4, 0.5) is 0 Å². The fraction of sp³-hybridized carbons (Fsp3) is 0.333. The molecule has 0 unspecified atom stereocenters. The van der Waals surface area contributed by atoms with Crippen molar-refractivity contribution in [2.45, 2.75) is 20.3 Å². The van der Waals surface area contributed by atoms with Gasteiger partial charge in [0.2, 0.25) is 5.70 Å². The van der Waals surface area contributed by atoms with E-state index in [0.717, 1.165) is 17.6 Å². The second-order valence-corrected chi connectivity index (χ2v) is 2.77. The molecule has 0 aliphatic heterocycles. The van der Waals surface area contributed by atoms with Gasteiger partial charge in [-0.05, 0) is 19.4 Å². The molecule has 2 heteroatoms. The van der Waals surface area contributed by atoms with Crippen LogP contribution in [0.3, 0.4) is 0 Å². The first kappa shape index (κ1) is 7.74. The molecule has 0 atom stereocenters. The molecule has 0 saturated heterocycles. The van der Waals surface area contributed by atoms with Gasteiger partial charge < -0.3 is 4.79 Å². The van der Waals surface area contributed by atoms with Crippen LogP contribution in [0.2, 0.25) is 0 Å². The predicted octanol–water partition coefficient (Wildman–Crippen LogP) is 2.10. The Morgan fingerprint density at radius 2 is 2.18 bits per heavy atom. The molecule has 0 heterocycles. The normalized spacial score (nSPS) is 17.9. The Morgan fingerprint density at radius 1 is 1.55 bits per heavy atom. The summed E-state index contributed by atoms with van der Waals surface area (Å²) in [6, 6.07) is 0. The van der Waals surface area contributed by atoms with Crippen LogP contribution in [0.5, 0.6) is 0 Å². The number of nitrogens with zero attached hydrogens (tertiary/aromatic N) is 1. The number of allylic oxidation sites excluding steroid dienone is 3. The summed E-state index contributed by atoms with van der Waals surface area (Å²) in [5, 5.41) is 0. The van der Waals surface area contributed by atoms with Gasteiger partial charge in [-0.2, -0.15) is 0 Å². The fourth-order valence-electron chi connectivity index (χ4n) is 1.21. The smallest absolute Gasteiger partial charge is 0.232 e. The van der Waals surface area contributed by atoms with E-state index >= 15 is 0 Å². The molecule has 0 fully saturated rings. The third kappa shape index (κ3) is 1.38. The molecule has 11 heavy (non-hydrogen) atoms. The molecular weight excluding hydrogens is 138 g/mol. The van der Waals surface area contributed by atoms with Crippen molar-refractivity contribution in [3.63, 3.8) is 0 Å². The minimum absolute atomic E-state index is 0.138. The maximum absolute atomic E-state index is 11.1. The van der Waals surface area contributed by atoms with E-state index in [4.69, 9.17) is 6.57 Å². The van der Waals surface area contributed by atoms with Gasteiger partial charge in [-0.25, -0.2) is 4.85 Å². The second kappa shape index (κ2) is 2.71. The summed E-state index contributed by atoms with van der Waals surface area (Å²) in [4.78, 5) is 14.3. The highest BCUT2D eigenvalue weighted by Crippen LogP contribution is 2.21. The van der Waals surface area contributed by atoms with Gasteiger partial charge in [0.05, 0.1) is 6.57 Å². The average molecular weight is 147 g/mol. The lowest BCUT2D eigenvalue weighted by atomic mass is 9.97. The van der Waals surface area contributed by atoms with Crippen LogP contribution in [-0.2, 0) is 4.79 Å². The van der Waals surface area contributed by atoms with Crippen LogP contribution in [0, 0.1) is 6.57 Å². The van der Waals surface area contributed by atoms with Crippen LogP contribution in [0.1, 0.15) is 20.3 Å². The van der Waals surface area contributed by atoms with E-state index in [2.05, 4.69) is 4.85 Å². The van der Waals surface area contributed by atoms with Gasteiger partial charge in [-0.3, -0.25) is 0 Å². The van der Waals surface area contributed by atoms with Gasteiger partial charge in [-0.15, -0.1) is 0 Å². The maximum atomic E-state index is 11.1. The van der Waals surface area contributed by atoms with E-state index in [1.807, 2.05) is 13.8 Å². The highest BCUT2D eigenvalue weighted by molar-refractivity contribution is 6.07. The van der Waals surface area contributed by atoms with Crippen LogP contribution in [0.25, 0.3) is 4.85 Å². The lowest BCUT2D eigenvalue weighted by molar-refractivity contribution is -0.111. The topological polar surface area (TPSA) is 21.4 Å². The average Bonchev–Trinajstić information content (AvgIpc) is 1.85. The van der Waals surface area contributed by atoms with Crippen molar-refractivity contribution >= 4 is 5.78 Å². The molecule has 56 valence electrons. The molecule has 1 rings (SSSR count). The highest BCUT2D eigenvalue weighted by Gasteiger charge is 2.15. The number of carbonyl (C=O) groups excluding carboxylic acids is 1. The fourth-order valence-corrected chi connectivity index (χ4v) is 1.21. The first-order chi connectivity index (χ1) is 5.15. The third-order valence-corrected chi connectivity index (χ3v) is 1.67. The molecule has 1 aliphatic carbocycles. The molecule has 0 aromatic rings. The van der Waals surface area contributed by atoms with Gasteiger partial charge >= 0.3 is 0 Å². The molecular formula is C9H9NO. The Hall–Kier alpha value is -1.36. The molecule has 0 aromatic carbocycles. The van der Waals surface area contributed by atoms with E-state index < -0.39 is 0 Å². The number of carbonyl (C=O) groups is 1. The molecule has 0 spiro atoms. The summed E-state index contributed by atoms with van der Waals surface area (Å²) in [7, 11) is 0. The lowest BCUT2D eigenvalue weighted by Gasteiger charge is -2.09. The van der Waals surface area contributed by atoms with Crippen molar-refractivity contribution in [2.75, 3.05) is 0 Å². The van der Waals surface area contributed by atoms with E-state index in [1.165, 1.54) is 0 Å². The van der Waals surface area contributed by atoms with E-state index in [9.17, 15) is 4.79 Å². The molecule has 0 amide bonds. The van der Waals surface area contributed by atoms with Gasteiger partial charge in [0.1, 0.15) is 0 Å². The highest BCUT2D eigenvalue weighted by atomic mass is 16.1. The summed E-state index contributed by atoms with van der Waals surface area (Å²) in [6.07, 6.45) is 2.31. The molecule has 1 aliphatic rings. The molecule has 0 saturated carbocycles. The molecule has 0 N–H and O–H groups in total. The van der Waals surface area contributed by atoms with Crippen molar-refractivity contribution < 1.29 is 4.79 Å². The van der Waals surface area contributed by atoms with Gasteiger partial charge in [0, 0.05) is 0 Å². The van der Waals surface area contributed by atoms with Crippen molar-refractivity contribution in [3.05, 3.63) is 34.3 Å². The molecule has 2 nitrogen and oxygen atoms in total. The van der Waals surface area contributed by atoms with Crippen LogP contribution in [0.15, 0.2) is 22.9 Å². The minimum atomic E-state index is -0.138. The van der Waals surface area contributed by atoms with Crippen LogP contribution >= 0.6 is 0 Å². The monoisotopic (exact) mass is 147 g/mol. The summed E-state index contributed by atoms with van der Waals surface area (Å²) in [6.45, 7) is 10.5. The standard InChI is InChI=1S/C9H9NO/c1-6-4-7(2)9(10-3)8(11)5-6/h5H,4H2,1-2H3. The quantitative estimate of drug-likeness (QED) is 0.481. The summed E-state index contributed by atoms with van der Waals surface area (Å²) in [5.41, 5.74) is 2.24. The van der Waals surface area contributed by atoms with Gasteiger partial charge in [0.15, 0.2) is 5.78 Å². The van der Waals surface area contributed by atoms with Crippen LogP contribution in [-0.4, -0.2) is 5.78 Å². The number of ketones is 1. The van der Waals surface area contributed by atoms with Crippen molar-refractivity contribution in [1.82, 2.24) is 0 Å². The number of rotatable bonds is 0. The molecule has 0 aromatic heterocycles. The van der Waals surface area contributed by atoms with E-state index in [-0.39, 0.29) is 5.78 Å².